The minimum Gasteiger partial charge on any atom is -0.384 e. The maximum absolute atomic E-state index is 12.6. The number of hydrogen-bond acceptors (Lipinski definition) is 6. The van der Waals surface area contributed by atoms with E-state index >= 15 is 0 Å². The molecule has 0 spiro atoms. The minimum absolute atomic E-state index is 0.0927. The van der Waals surface area contributed by atoms with E-state index in [9.17, 15) is 13.2 Å². The van der Waals surface area contributed by atoms with Crippen LogP contribution >= 0.6 is 22.7 Å². The number of aryl methyl sites for hydroxylation is 1. The van der Waals surface area contributed by atoms with Gasteiger partial charge in [0, 0.05) is 11.4 Å². The highest BCUT2D eigenvalue weighted by Crippen LogP contribution is 2.34. The molecule has 4 nitrogen and oxygen atoms in total. The van der Waals surface area contributed by atoms with Crippen molar-refractivity contribution in [1.29, 1.82) is 0 Å². The standard InChI is InChI=1S/C13H9F3N4S2/c1-6-2-3-21-10(6)7-4-9(17)20-11(18-7)12-19-8(5-22-12)13(14,15)16/h2-5H,1H3,(H2,17,18,20). The van der Waals surface area contributed by atoms with Crippen LogP contribution < -0.4 is 5.73 Å². The number of thiazole rings is 1. The summed E-state index contributed by atoms with van der Waals surface area (Å²) >= 11 is 2.32. The highest BCUT2D eigenvalue weighted by atomic mass is 32.1. The van der Waals surface area contributed by atoms with Crippen molar-refractivity contribution in [1.82, 2.24) is 15.0 Å². The van der Waals surface area contributed by atoms with E-state index in [0.717, 1.165) is 27.2 Å². The van der Waals surface area contributed by atoms with Gasteiger partial charge in [0.05, 0.1) is 10.6 Å². The number of nitrogens with two attached hydrogens (primary N) is 1. The molecule has 3 rings (SSSR count). The third kappa shape index (κ3) is 2.81. The highest BCUT2D eigenvalue weighted by molar-refractivity contribution is 7.13. The van der Waals surface area contributed by atoms with E-state index in [1.54, 1.807) is 6.07 Å². The molecule has 0 unspecified atom stereocenters. The van der Waals surface area contributed by atoms with Gasteiger partial charge < -0.3 is 5.73 Å². The molecule has 0 fully saturated rings. The Morgan fingerprint density at radius 2 is 1.91 bits per heavy atom. The topological polar surface area (TPSA) is 64.7 Å². The fourth-order valence-corrected chi connectivity index (χ4v) is 3.46. The molecule has 3 aromatic heterocycles. The normalized spacial score (nSPS) is 11.8. The summed E-state index contributed by atoms with van der Waals surface area (Å²) in [5.74, 6) is 0.292. The van der Waals surface area contributed by atoms with Gasteiger partial charge in [-0.15, -0.1) is 22.7 Å². The van der Waals surface area contributed by atoms with Crippen LogP contribution in [0.4, 0.5) is 19.0 Å². The molecule has 2 N–H and O–H groups in total. The molecule has 0 bridgehead atoms. The summed E-state index contributed by atoms with van der Waals surface area (Å²) in [6.45, 7) is 1.93. The molecule has 22 heavy (non-hydrogen) atoms. The van der Waals surface area contributed by atoms with E-state index in [4.69, 9.17) is 5.73 Å². The number of halogens is 3. The number of nitrogen functional groups attached to an aromatic ring is 1. The first-order valence-corrected chi connectivity index (χ1v) is 7.82. The molecule has 0 aliphatic carbocycles. The molecule has 114 valence electrons. The van der Waals surface area contributed by atoms with Crippen LogP contribution in [0.1, 0.15) is 11.3 Å². The Morgan fingerprint density at radius 1 is 1.14 bits per heavy atom. The first-order chi connectivity index (χ1) is 10.3. The van der Waals surface area contributed by atoms with Gasteiger partial charge in [0.2, 0.25) is 0 Å². The molecular formula is C13H9F3N4S2. The van der Waals surface area contributed by atoms with Gasteiger partial charge in [-0.05, 0) is 23.9 Å². The lowest BCUT2D eigenvalue weighted by atomic mass is 10.2. The zero-order chi connectivity index (χ0) is 15.9. The van der Waals surface area contributed by atoms with Crippen LogP contribution in [0.25, 0.3) is 21.4 Å². The number of thiophene rings is 1. The Morgan fingerprint density at radius 3 is 2.50 bits per heavy atom. The second-order valence-electron chi connectivity index (χ2n) is 4.47. The van der Waals surface area contributed by atoms with E-state index in [1.807, 2.05) is 18.4 Å². The summed E-state index contributed by atoms with van der Waals surface area (Å²) in [6.07, 6.45) is -4.48. The lowest BCUT2D eigenvalue weighted by molar-refractivity contribution is -0.140. The van der Waals surface area contributed by atoms with Crippen molar-refractivity contribution in [3.63, 3.8) is 0 Å². The molecule has 0 atom stereocenters. The summed E-state index contributed by atoms with van der Waals surface area (Å²) in [7, 11) is 0. The van der Waals surface area contributed by atoms with Gasteiger partial charge in [0.1, 0.15) is 5.82 Å². The average Bonchev–Trinajstić information content (AvgIpc) is 3.05. The maximum Gasteiger partial charge on any atom is 0.434 e. The average molecular weight is 342 g/mol. The third-order valence-corrected chi connectivity index (χ3v) is 4.70. The first-order valence-electron chi connectivity index (χ1n) is 6.06. The van der Waals surface area contributed by atoms with Gasteiger partial charge in [-0.1, -0.05) is 0 Å². The minimum atomic E-state index is -4.48. The molecule has 9 heteroatoms. The van der Waals surface area contributed by atoms with Crippen molar-refractivity contribution in [2.75, 3.05) is 5.73 Å². The van der Waals surface area contributed by atoms with Gasteiger partial charge in [0.25, 0.3) is 0 Å². The maximum atomic E-state index is 12.6. The van der Waals surface area contributed by atoms with Crippen LogP contribution in [0.2, 0.25) is 0 Å². The van der Waals surface area contributed by atoms with Gasteiger partial charge in [-0.2, -0.15) is 13.2 Å². The zero-order valence-corrected chi connectivity index (χ0v) is 12.8. The number of aromatic nitrogens is 3. The molecular weight excluding hydrogens is 333 g/mol. The first kappa shape index (κ1) is 14.9. The van der Waals surface area contributed by atoms with Crippen LogP contribution in [0.5, 0.6) is 0 Å². The quantitative estimate of drug-likeness (QED) is 0.756. The van der Waals surface area contributed by atoms with Crippen molar-refractivity contribution < 1.29 is 13.2 Å². The second kappa shape index (κ2) is 5.33. The van der Waals surface area contributed by atoms with Crippen LogP contribution in [-0.4, -0.2) is 15.0 Å². The third-order valence-electron chi connectivity index (χ3n) is 2.83. The summed E-state index contributed by atoms with van der Waals surface area (Å²) < 4.78 is 37.9. The summed E-state index contributed by atoms with van der Waals surface area (Å²) in [5, 5.41) is 2.95. The van der Waals surface area contributed by atoms with Gasteiger partial charge >= 0.3 is 6.18 Å². The Balaban J connectivity index is 2.07. The monoisotopic (exact) mass is 342 g/mol. The SMILES string of the molecule is Cc1ccsc1-c1cc(N)nc(-c2nc(C(F)(F)F)cs2)n1. The molecule has 0 aliphatic rings. The molecule has 0 amide bonds. The van der Waals surface area contributed by atoms with Crippen molar-refractivity contribution in [3.8, 4) is 21.4 Å². The molecule has 0 aliphatic heterocycles. The van der Waals surface area contributed by atoms with Crippen LogP contribution in [-0.2, 0) is 6.18 Å². The van der Waals surface area contributed by atoms with Crippen molar-refractivity contribution in [2.24, 2.45) is 0 Å². The smallest absolute Gasteiger partial charge is 0.384 e. The molecule has 3 heterocycles. The highest BCUT2D eigenvalue weighted by Gasteiger charge is 2.34. The van der Waals surface area contributed by atoms with Gasteiger partial charge in [0.15, 0.2) is 16.5 Å². The van der Waals surface area contributed by atoms with Crippen LogP contribution in [0, 0.1) is 6.92 Å². The van der Waals surface area contributed by atoms with Gasteiger partial charge in [-0.25, -0.2) is 15.0 Å². The lowest BCUT2D eigenvalue weighted by Crippen LogP contribution is -2.05. The van der Waals surface area contributed by atoms with E-state index in [0.29, 0.717) is 5.69 Å². The number of anilines is 1. The Kier molecular flexibility index (Phi) is 3.61. The van der Waals surface area contributed by atoms with E-state index < -0.39 is 11.9 Å². The Hall–Kier alpha value is -2.00. The fraction of sp³-hybridized carbons (Fsp3) is 0.154. The van der Waals surface area contributed by atoms with E-state index in [-0.39, 0.29) is 16.6 Å². The fourth-order valence-electron chi connectivity index (χ4n) is 1.82. The summed E-state index contributed by atoms with van der Waals surface area (Å²) in [4.78, 5) is 12.8. The number of nitrogens with zero attached hydrogens (tertiary/aromatic N) is 3. The zero-order valence-electron chi connectivity index (χ0n) is 11.2. The lowest BCUT2D eigenvalue weighted by Gasteiger charge is -2.04. The second-order valence-corrected chi connectivity index (χ2v) is 6.24. The number of hydrogen-bond donors (Lipinski definition) is 1. The molecule has 0 saturated carbocycles. The predicted molar refractivity (Wildman–Crippen MR) is 80.6 cm³/mol. The molecule has 0 saturated heterocycles. The number of alkyl halides is 3. The van der Waals surface area contributed by atoms with Crippen molar-refractivity contribution in [2.45, 2.75) is 13.1 Å². The largest absolute Gasteiger partial charge is 0.434 e. The Bertz CT molecular complexity index is 823. The van der Waals surface area contributed by atoms with Gasteiger partial charge in [-0.3, -0.25) is 0 Å². The summed E-state index contributed by atoms with van der Waals surface area (Å²) in [6, 6.07) is 3.53. The molecule has 0 radical (unpaired) electrons. The predicted octanol–water partition coefficient (Wildman–Crippen LogP) is 4.24. The molecule has 0 aromatic carbocycles. The van der Waals surface area contributed by atoms with Crippen LogP contribution in [0.3, 0.4) is 0 Å². The van der Waals surface area contributed by atoms with E-state index in [1.165, 1.54) is 11.3 Å². The molecule has 3 aromatic rings. The number of rotatable bonds is 2. The van der Waals surface area contributed by atoms with Crippen LogP contribution in [0.15, 0.2) is 22.9 Å². The summed E-state index contributed by atoms with van der Waals surface area (Å²) in [5.41, 5.74) is 6.40. The van der Waals surface area contributed by atoms with Crippen molar-refractivity contribution >= 4 is 28.5 Å². The van der Waals surface area contributed by atoms with E-state index in [2.05, 4.69) is 15.0 Å². The Labute approximate surface area is 131 Å². The van der Waals surface area contributed by atoms with Crippen molar-refractivity contribution in [3.05, 3.63) is 34.2 Å².